The summed E-state index contributed by atoms with van der Waals surface area (Å²) in [6.07, 6.45) is 2.22. The second-order valence-corrected chi connectivity index (χ2v) is 6.31. The summed E-state index contributed by atoms with van der Waals surface area (Å²) >= 11 is 3.53. The first kappa shape index (κ1) is 12.9. The summed E-state index contributed by atoms with van der Waals surface area (Å²) in [5.41, 5.74) is 11.8. The average molecular weight is 316 g/mol. The maximum absolute atomic E-state index is 6.37. The van der Waals surface area contributed by atoms with Gasteiger partial charge in [0.2, 0.25) is 0 Å². The second-order valence-electron chi connectivity index (χ2n) is 5.45. The molecule has 2 atom stereocenters. The molecule has 0 saturated heterocycles. The second kappa shape index (κ2) is 5.10. The van der Waals surface area contributed by atoms with Crippen LogP contribution in [-0.4, -0.2) is 0 Å². The molecule has 19 heavy (non-hydrogen) atoms. The largest absolute Gasteiger partial charge is 0.324 e. The zero-order chi connectivity index (χ0) is 13.4. The predicted molar refractivity (Wildman–Crippen MR) is 83.3 cm³/mol. The van der Waals surface area contributed by atoms with Gasteiger partial charge in [-0.25, -0.2) is 0 Å². The van der Waals surface area contributed by atoms with Crippen LogP contribution in [0.3, 0.4) is 0 Å². The number of halogens is 1. The van der Waals surface area contributed by atoms with Crippen LogP contribution in [0.15, 0.2) is 46.9 Å². The van der Waals surface area contributed by atoms with Crippen molar-refractivity contribution in [1.82, 2.24) is 0 Å². The molecule has 1 aliphatic rings. The van der Waals surface area contributed by atoms with Gasteiger partial charge in [0, 0.05) is 10.5 Å². The van der Waals surface area contributed by atoms with Crippen LogP contribution >= 0.6 is 15.9 Å². The fourth-order valence-corrected chi connectivity index (χ4v) is 3.16. The van der Waals surface area contributed by atoms with E-state index in [0.717, 1.165) is 10.9 Å². The van der Waals surface area contributed by atoms with E-state index in [2.05, 4.69) is 65.3 Å². The Morgan fingerprint density at radius 3 is 2.79 bits per heavy atom. The van der Waals surface area contributed by atoms with Gasteiger partial charge in [0.05, 0.1) is 0 Å². The Labute approximate surface area is 123 Å². The van der Waals surface area contributed by atoms with Crippen LogP contribution in [0.25, 0.3) is 0 Å². The minimum Gasteiger partial charge on any atom is -0.324 e. The zero-order valence-electron chi connectivity index (χ0n) is 11.1. The number of fused-ring (bicyclic) bond motifs is 1. The molecule has 2 aromatic rings. The molecule has 0 radical (unpaired) electrons. The molecule has 0 aromatic heterocycles. The summed E-state index contributed by atoms with van der Waals surface area (Å²) in [5, 5.41) is 0. The van der Waals surface area contributed by atoms with Gasteiger partial charge >= 0.3 is 0 Å². The van der Waals surface area contributed by atoms with Crippen LogP contribution in [-0.2, 0) is 6.42 Å². The highest BCUT2D eigenvalue weighted by molar-refractivity contribution is 9.10. The first-order valence-corrected chi connectivity index (χ1v) is 7.54. The smallest absolute Gasteiger partial charge is 0.0300 e. The number of hydrogen-bond donors (Lipinski definition) is 1. The van der Waals surface area contributed by atoms with E-state index in [9.17, 15) is 0 Å². The van der Waals surface area contributed by atoms with Crippen molar-refractivity contribution >= 4 is 15.9 Å². The first-order valence-electron chi connectivity index (χ1n) is 6.74. The molecule has 2 aromatic carbocycles. The summed E-state index contributed by atoms with van der Waals surface area (Å²) in [7, 11) is 0. The van der Waals surface area contributed by atoms with E-state index >= 15 is 0 Å². The zero-order valence-corrected chi connectivity index (χ0v) is 12.7. The normalized spacial score (nSPS) is 18.6. The van der Waals surface area contributed by atoms with E-state index in [1.807, 2.05) is 0 Å². The predicted octanol–water partition coefficient (Wildman–Crippen LogP) is 4.49. The lowest BCUT2D eigenvalue weighted by atomic mass is 9.74. The quantitative estimate of drug-likeness (QED) is 0.887. The van der Waals surface area contributed by atoms with Gasteiger partial charge in [-0.1, -0.05) is 52.3 Å². The van der Waals surface area contributed by atoms with Gasteiger partial charge in [-0.3, -0.25) is 0 Å². The fourth-order valence-electron chi connectivity index (χ4n) is 2.91. The molecule has 2 heteroatoms. The monoisotopic (exact) mass is 315 g/mol. The molecule has 0 amide bonds. The van der Waals surface area contributed by atoms with Crippen molar-refractivity contribution in [3.8, 4) is 0 Å². The minimum absolute atomic E-state index is 0.130. The highest BCUT2D eigenvalue weighted by Crippen LogP contribution is 2.40. The SMILES string of the molecule is Cc1cc(C(N)CC2Cc3ccccc32)ccc1Br. The van der Waals surface area contributed by atoms with E-state index in [0.29, 0.717) is 5.92 Å². The minimum atomic E-state index is 0.130. The lowest BCUT2D eigenvalue weighted by Crippen LogP contribution is -2.22. The van der Waals surface area contributed by atoms with Crippen LogP contribution in [0.5, 0.6) is 0 Å². The van der Waals surface area contributed by atoms with Crippen molar-refractivity contribution in [3.05, 3.63) is 69.2 Å². The molecule has 1 nitrogen and oxygen atoms in total. The Kier molecular flexibility index (Phi) is 3.46. The molecule has 0 fully saturated rings. The van der Waals surface area contributed by atoms with Crippen molar-refractivity contribution in [1.29, 1.82) is 0 Å². The maximum atomic E-state index is 6.37. The average Bonchev–Trinajstić information content (AvgIpc) is 2.39. The van der Waals surface area contributed by atoms with Crippen LogP contribution in [0.2, 0.25) is 0 Å². The van der Waals surface area contributed by atoms with Gasteiger partial charge in [0.25, 0.3) is 0 Å². The summed E-state index contributed by atoms with van der Waals surface area (Å²) in [4.78, 5) is 0. The highest BCUT2D eigenvalue weighted by Gasteiger charge is 2.27. The van der Waals surface area contributed by atoms with Gasteiger partial charge in [0.1, 0.15) is 0 Å². The molecular weight excluding hydrogens is 298 g/mol. The van der Waals surface area contributed by atoms with E-state index in [4.69, 9.17) is 5.73 Å². The van der Waals surface area contributed by atoms with Crippen molar-refractivity contribution in [3.63, 3.8) is 0 Å². The maximum Gasteiger partial charge on any atom is 0.0300 e. The van der Waals surface area contributed by atoms with Crippen LogP contribution in [0.1, 0.15) is 40.6 Å². The Hall–Kier alpha value is -1.12. The number of aryl methyl sites for hydroxylation is 1. The standard InChI is InChI=1S/C17H18BrN/c1-11-8-13(6-7-16(11)18)17(19)10-14-9-12-4-2-3-5-15(12)14/h2-8,14,17H,9-10,19H2,1H3. The van der Waals surface area contributed by atoms with Crippen molar-refractivity contribution < 1.29 is 0 Å². The lowest BCUT2D eigenvalue weighted by Gasteiger charge is -2.32. The molecular formula is C17H18BrN. The summed E-state index contributed by atoms with van der Waals surface area (Å²) in [6.45, 7) is 2.11. The van der Waals surface area contributed by atoms with Crippen LogP contribution in [0, 0.1) is 6.92 Å². The molecule has 0 aliphatic heterocycles. The Balaban J connectivity index is 1.73. The number of benzene rings is 2. The van der Waals surface area contributed by atoms with Crippen molar-refractivity contribution in [2.24, 2.45) is 5.73 Å². The third-order valence-corrected chi connectivity index (χ3v) is 5.00. The molecule has 0 bridgehead atoms. The molecule has 1 aliphatic carbocycles. The van der Waals surface area contributed by atoms with Gasteiger partial charge in [0.15, 0.2) is 0 Å². The van der Waals surface area contributed by atoms with Crippen LogP contribution < -0.4 is 5.73 Å². The molecule has 2 unspecified atom stereocenters. The van der Waals surface area contributed by atoms with Crippen molar-refractivity contribution in [2.45, 2.75) is 31.7 Å². The van der Waals surface area contributed by atoms with Crippen molar-refractivity contribution in [2.75, 3.05) is 0 Å². The Bertz CT molecular complexity index is 606. The van der Waals surface area contributed by atoms with E-state index in [1.54, 1.807) is 0 Å². The van der Waals surface area contributed by atoms with Crippen LogP contribution in [0.4, 0.5) is 0 Å². The lowest BCUT2D eigenvalue weighted by molar-refractivity contribution is 0.498. The summed E-state index contributed by atoms with van der Waals surface area (Å²) in [5.74, 6) is 0.634. The number of rotatable bonds is 3. The van der Waals surface area contributed by atoms with E-state index in [-0.39, 0.29) is 6.04 Å². The molecule has 0 spiro atoms. The summed E-state index contributed by atoms with van der Waals surface area (Å²) in [6, 6.07) is 15.3. The molecule has 3 rings (SSSR count). The molecule has 0 saturated carbocycles. The fraction of sp³-hybridized carbons (Fsp3) is 0.294. The molecule has 0 heterocycles. The van der Waals surface area contributed by atoms with E-state index < -0.39 is 0 Å². The molecule has 98 valence electrons. The molecule has 2 N–H and O–H groups in total. The van der Waals surface area contributed by atoms with Gasteiger partial charge in [-0.15, -0.1) is 0 Å². The van der Waals surface area contributed by atoms with Gasteiger partial charge in [-0.2, -0.15) is 0 Å². The highest BCUT2D eigenvalue weighted by atomic mass is 79.9. The Morgan fingerprint density at radius 2 is 2.05 bits per heavy atom. The third kappa shape index (κ3) is 2.47. The topological polar surface area (TPSA) is 26.0 Å². The van der Waals surface area contributed by atoms with Gasteiger partial charge in [-0.05, 0) is 54.0 Å². The number of hydrogen-bond acceptors (Lipinski definition) is 1. The number of nitrogens with two attached hydrogens (primary N) is 1. The Morgan fingerprint density at radius 1 is 1.26 bits per heavy atom. The first-order chi connectivity index (χ1) is 9.15. The summed E-state index contributed by atoms with van der Waals surface area (Å²) < 4.78 is 1.15. The van der Waals surface area contributed by atoms with Gasteiger partial charge < -0.3 is 5.73 Å². The van der Waals surface area contributed by atoms with E-state index in [1.165, 1.54) is 28.7 Å². The third-order valence-electron chi connectivity index (χ3n) is 4.11.